The molecule has 1 fully saturated rings. The highest BCUT2D eigenvalue weighted by molar-refractivity contribution is 7.17. The van der Waals surface area contributed by atoms with Crippen molar-refractivity contribution in [2.24, 2.45) is 0 Å². The molecule has 1 aliphatic carbocycles. The number of nitrogens with zero attached hydrogens (tertiary/aromatic N) is 2. The number of rotatable bonds is 7. The second-order valence-corrected chi connectivity index (χ2v) is 9.68. The van der Waals surface area contributed by atoms with E-state index in [0.717, 1.165) is 42.3 Å². The van der Waals surface area contributed by atoms with Gasteiger partial charge in [0, 0.05) is 25.8 Å². The molecule has 4 rings (SSSR count). The Hall–Kier alpha value is -1.86. The Morgan fingerprint density at radius 1 is 1.30 bits per heavy atom. The lowest BCUT2D eigenvalue weighted by Gasteiger charge is -2.44. The normalized spacial score (nSPS) is 22.9. The molecule has 164 valence electrons. The molecule has 2 aliphatic rings. The third-order valence-electron chi connectivity index (χ3n) is 6.60. The molecule has 2 aromatic heterocycles. The van der Waals surface area contributed by atoms with Gasteiger partial charge in [-0.1, -0.05) is 25.7 Å². The maximum absolute atomic E-state index is 13.6. The molecule has 0 radical (unpaired) electrons. The fraction of sp³-hybridized carbons (Fsp3) is 0.652. The lowest BCUT2D eigenvalue weighted by atomic mass is 9.93. The third kappa shape index (κ3) is 4.02. The van der Waals surface area contributed by atoms with Gasteiger partial charge in [0.15, 0.2) is 0 Å². The predicted octanol–water partition coefficient (Wildman–Crippen LogP) is 4.18. The molecule has 2 aromatic rings. The number of hydrogen-bond donors (Lipinski definition) is 1. The molecule has 2 amide bonds. The zero-order chi connectivity index (χ0) is 21.1. The van der Waals surface area contributed by atoms with E-state index in [4.69, 9.17) is 4.74 Å². The Morgan fingerprint density at radius 2 is 2.07 bits per heavy atom. The van der Waals surface area contributed by atoms with Gasteiger partial charge in [-0.3, -0.25) is 9.59 Å². The summed E-state index contributed by atoms with van der Waals surface area (Å²) in [7, 11) is 0. The van der Waals surface area contributed by atoms with E-state index in [2.05, 4.69) is 5.32 Å². The molecule has 6 nitrogen and oxygen atoms in total. The number of nitrogens with one attached hydrogen (secondary N) is 1. The molecule has 30 heavy (non-hydrogen) atoms. The van der Waals surface area contributed by atoms with Crippen LogP contribution in [0.25, 0.3) is 10.2 Å². The molecule has 1 atom stereocenters. The monoisotopic (exact) mass is 431 g/mol. The number of thiophene rings is 1. The SMILES string of the molecule is CCOCCCN1C(=O)c2cc3sccc3n2C[C@@]1(C)C(=O)NC1CCCCCC1. The number of carbonyl (C=O) groups is 2. The van der Waals surface area contributed by atoms with E-state index >= 15 is 0 Å². The van der Waals surface area contributed by atoms with E-state index < -0.39 is 5.54 Å². The van der Waals surface area contributed by atoms with E-state index in [0.29, 0.717) is 32.0 Å². The van der Waals surface area contributed by atoms with Crippen LogP contribution in [0, 0.1) is 0 Å². The van der Waals surface area contributed by atoms with Crippen LogP contribution in [0.2, 0.25) is 0 Å². The summed E-state index contributed by atoms with van der Waals surface area (Å²) < 4.78 is 8.63. The first-order chi connectivity index (χ1) is 14.5. The van der Waals surface area contributed by atoms with E-state index in [1.54, 1.807) is 16.2 Å². The summed E-state index contributed by atoms with van der Waals surface area (Å²) in [5, 5.41) is 5.35. The molecule has 1 saturated carbocycles. The van der Waals surface area contributed by atoms with Gasteiger partial charge in [0.25, 0.3) is 5.91 Å². The number of ether oxygens (including phenoxy) is 1. The third-order valence-corrected chi connectivity index (χ3v) is 7.46. The highest BCUT2D eigenvalue weighted by Gasteiger charge is 2.47. The van der Waals surface area contributed by atoms with Crippen LogP contribution in [0.1, 0.15) is 69.3 Å². The van der Waals surface area contributed by atoms with Gasteiger partial charge in [0.05, 0.1) is 16.8 Å². The lowest BCUT2D eigenvalue weighted by molar-refractivity contribution is -0.133. The minimum Gasteiger partial charge on any atom is -0.382 e. The number of amides is 2. The minimum atomic E-state index is -0.906. The highest BCUT2D eigenvalue weighted by Crippen LogP contribution is 2.34. The molecule has 0 unspecified atom stereocenters. The number of hydrogen-bond acceptors (Lipinski definition) is 4. The number of carbonyl (C=O) groups excluding carboxylic acids is 2. The van der Waals surface area contributed by atoms with Crippen LogP contribution < -0.4 is 5.32 Å². The van der Waals surface area contributed by atoms with Crippen molar-refractivity contribution in [1.29, 1.82) is 0 Å². The maximum Gasteiger partial charge on any atom is 0.271 e. The molecule has 1 aliphatic heterocycles. The van der Waals surface area contributed by atoms with Gasteiger partial charge in [-0.15, -0.1) is 11.3 Å². The summed E-state index contributed by atoms with van der Waals surface area (Å²) in [5.41, 5.74) is 0.829. The van der Waals surface area contributed by atoms with Crippen molar-refractivity contribution in [3.8, 4) is 0 Å². The van der Waals surface area contributed by atoms with Crippen molar-refractivity contribution in [1.82, 2.24) is 14.8 Å². The van der Waals surface area contributed by atoms with Gasteiger partial charge in [0.2, 0.25) is 5.91 Å². The fourth-order valence-electron chi connectivity index (χ4n) is 4.86. The number of fused-ring (bicyclic) bond motifs is 3. The standard InChI is InChI=1S/C23H33N3O3S/c1-3-29-13-8-12-26-21(27)19-15-20-18(11-14-30-20)25(19)16-23(26,2)22(28)24-17-9-6-4-5-7-10-17/h11,14-15,17H,3-10,12-13,16H2,1-2H3,(H,24,28)/t23-/m0/s1. The van der Waals surface area contributed by atoms with Crippen molar-refractivity contribution < 1.29 is 14.3 Å². The summed E-state index contributed by atoms with van der Waals surface area (Å²) in [6.07, 6.45) is 7.60. The van der Waals surface area contributed by atoms with Gasteiger partial charge in [-0.05, 0) is 50.6 Å². The zero-order valence-corrected chi connectivity index (χ0v) is 18.9. The second-order valence-electron chi connectivity index (χ2n) is 8.73. The first-order valence-corrected chi connectivity index (χ1v) is 12.2. The van der Waals surface area contributed by atoms with E-state index in [-0.39, 0.29) is 17.9 Å². The molecular formula is C23H33N3O3S. The Balaban J connectivity index is 1.61. The Morgan fingerprint density at radius 3 is 2.80 bits per heavy atom. The van der Waals surface area contributed by atoms with Crippen LogP contribution in [0.15, 0.2) is 17.5 Å². The molecule has 7 heteroatoms. The van der Waals surface area contributed by atoms with Crippen LogP contribution in [-0.2, 0) is 16.1 Å². The summed E-state index contributed by atoms with van der Waals surface area (Å²) >= 11 is 1.64. The van der Waals surface area contributed by atoms with Crippen molar-refractivity contribution >= 4 is 33.4 Å². The Labute approximate surface area is 182 Å². The van der Waals surface area contributed by atoms with Crippen LogP contribution >= 0.6 is 11.3 Å². The summed E-state index contributed by atoms with van der Waals surface area (Å²) in [6, 6.07) is 4.23. The van der Waals surface area contributed by atoms with Crippen LogP contribution in [0.4, 0.5) is 0 Å². The molecule has 0 aromatic carbocycles. The van der Waals surface area contributed by atoms with Gasteiger partial charge in [-0.25, -0.2) is 0 Å². The van der Waals surface area contributed by atoms with Gasteiger partial charge in [-0.2, -0.15) is 0 Å². The maximum atomic E-state index is 13.6. The smallest absolute Gasteiger partial charge is 0.271 e. The molecule has 0 bridgehead atoms. The van der Waals surface area contributed by atoms with Crippen molar-refractivity contribution in [2.75, 3.05) is 19.8 Å². The first kappa shape index (κ1) is 21.4. The molecule has 3 heterocycles. The minimum absolute atomic E-state index is 0.0260. The van der Waals surface area contributed by atoms with Crippen LogP contribution in [-0.4, -0.2) is 52.6 Å². The zero-order valence-electron chi connectivity index (χ0n) is 18.1. The van der Waals surface area contributed by atoms with Crippen LogP contribution in [0.5, 0.6) is 0 Å². The van der Waals surface area contributed by atoms with Crippen LogP contribution in [0.3, 0.4) is 0 Å². The van der Waals surface area contributed by atoms with E-state index in [9.17, 15) is 9.59 Å². The van der Waals surface area contributed by atoms with Gasteiger partial charge < -0.3 is 19.5 Å². The largest absolute Gasteiger partial charge is 0.382 e. The van der Waals surface area contributed by atoms with Crippen molar-refractivity contribution in [3.05, 3.63) is 23.2 Å². The van der Waals surface area contributed by atoms with Gasteiger partial charge in [0.1, 0.15) is 11.2 Å². The fourth-order valence-corrected chi connectivity index (χ4v) is 5.68. The average Bonchev–Trinajstić information content (AvgIpc) is 3.22. The molecule has 0 spiro atoms. The summed E-state index contributed by atoms with van der Waals surface area (Å²) in [5.74, 6) is -0.0819. The molecule has 0 saturated heterocycles. The van der Waals surface area contributed by atoms with Crippen molar-refractivity contribution in [3.63, 3.8) is 0 Å². The molecular weight excluding hydrogens is 398 g/mol. The van der Waals surface area contributed by atoms with Gasteiger partial charge >= 0.3 is 0 Å². The quantitative estimate of drug-likeness (QED) is 0.528. The van der Waals surface area contributed by atoms with E-state index in [1.807, 2.05) is 35.9 Å². The highest BCUT2D eigenvalue weighted by atomic mass is 32.1. The predicted molar refractivity (Wildman–Crippen MR) is 120 cm³/mol. The first-order valence-electron chi connectivity index (χ1n) is 11.3. The average molecular weight is 432 g/mol. The Bertz CT molecular complexity index is 897. The lowest BCUT2D eigenvalue weighted by Crippen LogP contribution is -2.65. The van der Waals surface area contributed by atoms with E-state index in [1.165, 1.54) is 12.8 Å². The number of aromatic nitrogens is 1. The summed E-state index contributed by atoms with van der Waals surface area (Å²) in [6.45, 7) is 6.16. The second kappa shape index (κ2) is 9.10. The molecule has 1 N–H and O–H groups in total. The van der Waals surface area contributed by atoms with Crippen molar-refractivity contribution in [2.45, 2.75) is 76.9 Å². The Kier molecular flexibility index (Phi) is 6.48. The summed E-state index contributed by atoms with van der Waals surface area (Å²) in [4.78, 5) is 28.9. The topological polar surface area (TPSA) is 63.6 Å².